The Balaban J connectivity index is 1.87. The van der Waals surface area contributed by atoms with Crippen molar-refractivity contribution in [1.82, 2.24) is 15.1 Å². The van der Waals surface area contributed by atoms with E-state index in [0.29, 0.717) is 42.2 Å². The van der Waals surface area contributed by atoms with Crippen LogP contribution < -0.4 is 0 Å². The standard InChI is InChI=1S/C15H16ClN3O2/c16-11-3-1-2-10(8-11)14-13(9-17-18-14)15(21)19-6-4-12(20)5-7-19/h1-3,8-9,12,20H,4-7H2,(H,17,18). The number of H-pyrrole nitrogens is 1. The van der Waals surface area contributed by atoms with Gasteiger partial charge in [0.2, 0.25) is 0 Å². The van der Waals surface area contributed by atoms with Crippen LogP contribution in [0.4, 0.5) is 0 Å². The number of nitrogens with zero attached hydrogens (tertiary/aromatic N) is 2. The molecule has 1 amide bonds. The van der Waals surface area contributed by atoms with Gasteiger partial charge in [0.15, 0.2) is 0 Å². The molecule has 1 aliphatic heterocycles. The summed E-state index contributed by atoms with van der Waals surface area (Å²) in [4.78, 5) is 14.4. The third kappa shape index (κ3) is 2.94. The number of likely N-dealkylation sites (tertiary alicyclic amines) is 1. The number of aromatic amines is 1. The minimum atomic E-state index is -0.300. The number of hydrogen-bond acceptors (Lipinski definition) is 3. The number of carbonyl (C=O) groups excluding carboxylic acids is 1. The average Bonchev–Trinajstić information content (AvgIpc) is 2.97. The second-order valence-electron chi connectivity index (χ2n) is 5.19. The molecule has 2 N–H and O–H groups in total. The van der Waals surface area contributed by atoms with E-state index in [1.165, 1.54) is 0 Å². The van der Waals surface area contributed by atoms with Gasteiger partial charge < -0.3 is 10.0 Å². The number of aliphatic hydroxyl groups is 1. The summed E-state index contributed by atoms with van der Waals surface area (Å²) in [5, 5.41) is 17.0. The Morgan fingerprint density at radius 2 is 2.14 bits per heavy atom. The zero-order valence-electron chi connectivity index (χ0n) is 11.4. The summed E-state index contributed by atoms with van der Waals surface area (Å²) in [6.07, 6.45) is 2.49. The van der Waals surface area contributed by atoms with Gasteiger partial charge in [-0.05, 0) is 25.0 Å². The maximum atomic E-state index is 12.6. The van der Waals surface area contributed by atoms with Crippen molar-refractivity contribution in [1.29, 1.82) is 0 Å². The van der Waals surface area contributed by atoms with Crippen molar-refractivity contribution in [2.75, 3.05) is 13.1 Å². The molecule has 110 valence electrons. The molecule has 21 heavy (non-hydrogen) atoms. The van der Waals surface area contributed by atoms with Crippen LogP contribution >= 0.6 is 11.6 Å². The highest BCUT2D eigenvalue weighted by Crippen LogP contribution is 2.25. The lowest BCUT2D eigenvalue weighted by Crippen LogP contribution is -2.40. The Bertz CT molecular complexity index is 648. The third-order valence-electron chi connectivity index (χ3n) is 3.73. The first kappa shape index (κ1) is 14.1. The molecule has 6 heteroatoms. The minimum Gasteiger partial charge on any atom is -0.393 e. The smallest absolute Gasteiger partial charge is 0.257 e. The Morgan fingerprint density at radius 3 is 2.86 bits per heavy atom. The first-order valence-electron chi connectivity index (χ1n) is 6.92. The lowest BCUT2D eigenvalue weighted by atomic mass is 10.0. The van der Waals surface area contributed by atoms with E-state index in [9.17, 15) is 9.90 Å². The Kier molecular flexibility index (Phi) is 3.94. The summed E-state index contributed by atoms with van der Waals surface area (Å²) >= 11 is 6.00. The van der Waals surface area contributed by atoms with Crippen LogP contribution in [0.1, 0.15) is 23.2 Å². The average molecular weight is 306 g/mol. The molecule has 0 saturated carbocycles. The molecule has 3 rings (SSSR count). The number of nitrogens with one attached hydrogen (secondary N) is 1. The molecule has 1 aliphatic rings. The van der Waals surface area contributed by atoms with Crippen LogP contribution in [0.2, 0.25) is 5.02 Å². The molecule has 2 aromatic rings. The minimum absolute atomic E-state index is 0.0642. The fourth-order valence-corrected chi connectivity index (χ4v) is 2.74. The number of aliphatic hydroxyl groups excluding tert-OH is 1. The van der Waals surface area contributed by atoms with E-state index < -0.39 is 0 Å². The van der Waals surface area contributed by atoms with Gasteiger partial charge in [-0.25, -0.2) is 0 Å². The van der Waals surface area contributed by atoms with Crippen LogP contribution in [0.15, 0.2) is 30.5 Å². The van der Waals surface area contributed by atoms with E-state index in [1.807, 2.05) is 12.1 Å². The molecular weight excluding hydrogens is 290 g/mol. The SMILES string of the molecule is O=C(c1cn[nH]c1-c1cccc(Cl)c1)N1CCC(O)CC1. The maximum Gasteiger partial charge on any atom is 0.257 e. The number of aromatic nitrogens is 2. The number of benzene rings is 1. The quantitative estimate of drug-likeness (QED) is 0.894. The number of rotatable bonds is 2. The third-order valence-corrected chi connectivity index (χ3v) is 3.97. The van der Waals surface area contributed by atoms with E-state index >= 15 is 0 Å². The summed E-state index contributed by atoms with van der Waals surface area (Å²) in [6.45, 7) is 1.14. The highest BCUT2D eigenvalue weighted by molar-refractivity contribution is 6.30. The van der Waals surface area contributed by atoms with E-state index in [4.69, 9.17) is 11.6 Å². The lowest BCUT2D eigenvalue weighted by molar-refractivity contribution is 0.0547. The zero-order valence-corrected chi connectivity index (χ0v) is 12.2. The van der Waals surface area contributed by atoms with Gasteiger partial charge in [-0.2, -0.15) is 5.10 Å². The van der Waals surface area contributed by atoms with Crippen molar-refractivity contribution in [2.24, 2.45) is 0 Å². The number of carbonyl (C=O) groups is 1. The van der Waals surface area contributed by atoms with Gasteiger partial charge in [0.25, 0.3) is 5.91 Å². The molecular formula is C15H16ClN3O2. The Morgan fingerprint density at radius 1 is 1.38 bits per heavy atom. The maximum absolute atomic E-state index is 12.6. The van der Waals surface area contributed by atoms with E-state index in [0.717, 1.165) is 5.56 Å². The molecule has 0 atom stereocenters. The predicted molar refractivity (Wildman–Crippen MR) is 80.2 cm³/mol. The molecule has 1 fully saturated rings. The van der Waals surface area contributed by atoms with Crippen molar-refractivity contribution in [3.8, 4) is 11.3 Å². The summed E-state index contributed by atoms with van der Waals surface area (Å²) in [7, 11) is 0. The fraction of sp³-hybridized carbons (Fsp3) is 0.333. The molecule has 1 aromatic heterocycles. The molecule has 0 unspecified atom stereocenters. The largest absolute Gasteiger partial charge is 0.393 e. The molecule has 0 spiro atoms. The van der Waals surface area contributed by atoms with Crippen LogP contribution in [-0.4, -0.2) is 45.3 Å². The van der Waals surface area contributed by atoms with Crippen molar-refractivity contribution in [3.63, 3.8) is 0 Å². The first-order chi connectivity index (χ1) is 10.1. The van der Waals surface area contributed by atoms with Crippen molar-refractivity contribution < 1.29 is 9.90 Å². The van der Waals surface area contributed by atoms with Crippen LogP contribution in [-0.2, 0) is 0 Å². The number of piperidine rings is 1. The Hall–Kier alpha value is -1.85. The summed E-state index contributed by atoms with van der Waals surface area (Å²) in [6, 6.07) is 7.31. The molecule has 0 bridgehead atoms. The first-order valence-corrected chi connectivity index (χ1v) is 7.29. The molecule has 0 radical (unpaired) electrons. The number of amides is 1. The number of hydrogen-bond donors (Lipinski definition) is 2. The molecule has 1 aromatic carbocycles. The van der Waals surface area contributed by atoms with Gasteiger partial charge in [0.1, 0.15) is 0 Å². The number of halogens is 1. The van der Waals surface area contributed by atoms with Gasteiger partial charge >= 0.3 is 0 Å². The van der Waals surface area contributed by atoms with Gasteiger partial charge in [-0.15, -0.1) is 0 Å². The van der Waals surface area contributed by atoms with E-state index in [-0.39, 0.29) is 12.0 Å². The highest BCUT2D eigenvalue weighted by atomic mass is 35.5. The van der Waals surface area contributed by atoms with Crippen LogP contribution in [0.5, 0.6) is 0 Å². The van der Waals surface area contributed by atoms with Crippen molar-refractivity contribution in [3.05, 3.63) is 41.0 Å². The van der Waals surface area contributed by atoms with Crippen molar-refractivity contribution in [2.45, 2.75) is 18.9 Å². The van der Waals surface area contributed by atoms with Crippen LogP contribution in [0, 0.1) is 0 Å². The van der Waals surface area contributed by atoms with Gasteiger partial charge in [0.05, 0.1) is 23.6 Å². The van der Waals surface area contributed by atoms with Gasteiger partial charge in [-0.3, -0.25) is 9.89 Å². The summed E-state index contributed by atoms with van der Waals surface area (Å²) in [5.74, 6) is -0.0642. The second-order valence-corrected chi connectivity index (χ2v) is 5.63. The molecule has 0 aliphatic carbocycles. The molecule has 1 saturated heterocycles. The van der Waals surface area contributed by atoms with Gasteiger partial charge in [-0.1, -0.05) is 23.7 Å². The molecule has 2 heterocycles. The monoisotopic (exact) mass is 305 g/mol. The summed E-state index contributed by atoms with van der Waals surface area (Å²) in [5.41, 5.74) is 2.04. The Labute approximate surface area is 127 Å². The molecule has 5 nitrogen and oxygen atoms in total. The van der Waals surface area contributed by atoms with E-state index in [2.05, 4.69) is 10.2 Å². The topological polar surface area (TPSA) is 69.2 Å². The van der Waals surface area contributed by atoms with Crippen LogP contribution in [0.25, 0.3) is 11.3 Å². The fourth-order valence-electron chi connectivity index (χ4n) is 2.55. The highest BCUT2D eigenvalue weighted by Gasteiger charge is 2.25. The summed E-state index contributed by atoms with van der Waals surface area (Å²) < 4.78 is 0. The van der Waals surface area contributed by atoms with E-state index in [1.54, 1.807) is 23.2 Å². The predicted octanol–water partition coefficient (Wildman–Crippen LogP) is 2.33. The second kappa shape index (κ2) is 5.87. The van der Waals surface area contributed by atoms with Gasteiger partial charge in [0, 0.05) is 23.7 Å². The lowest BCUT2D eigenvalue weighted by Gasteiger charge is -2.29. The zero-order chi connectivity index (χ0) is 14.8. The van der Waals surface area contributed by atoms with Crippen molar-refractivity contribution >= 4 is 17.5 Å². The van der Waals surface area contributed by atoms with Crippen LogP contribution in [0.3, 0.4) is 0 Å². The normalized spacial score (nSPS) is 16.2.